The zero-order valence-electron chi connectivity index (χ0n) is 4.70. The Balaban J connectivity index is 2.45. The van der Waals surface area contributed by atoms with Gasteiger partial charge in [-0.15, -0.1) is 5.06 Å². The molecule has 9 heavy (non-hydrogen) atoms. The van der Waals surface area contributed by atoms with Crippen LogP contribution >= 0.6 is 0 Å². The molecular formula is C4H5NO4. The Morgan fingerprint density at radius 1 is 1.89 bits per heavy atom. The number of hydroxylamine groups is 2. The first-order valence-corrected chi connectivity index (χ1v) is 2.37. The molecule has 1 aliphatic rings. The second kappa shape index (κ2) is 1.61. The van der Waals surface area contributed by atoms with E-state index < -0.39 is 18.1 Å². The molecule has 0 aliphatic carbocycles. The normalized spacial score (nSPS) is 18.8. The summed E-state index contributed by atoms with van der Waals surface area (Å²) in [5.41, 5.74) is 0. The summed E-state index contributed by atoms with van der Waals surface area (Å²) in [5, 5.41) is 9.03. The molecule has 50 valence electrons. The Morgan fingerprint density at radius 2 is 2.33 bits per heavy atom. The molecule has 1 aliphatic heterocycles. The summed E-state index contributed by atoms with van der Waals surface area (Å²) in [6, 6.07) is -0.863. The Bertz CT molecular complexity index is 166. The van der Waals surface area contributed by atoms with Gasteiger partial charge in [-0.05, 0) is 6.92 Å². The average molecular weight is 131 g/mol. The van der Waals surface area contributed by atoms with Gasteiger partial charge in [0.25, 0.3) is 0 Å². The van der Waals surface area contributed by atoms with E-state index in [9.17, 15) is 9.59 Å². The highest BCUT2D eigenvalue weighted by Crippen LogP contribution is 2.15. The minimum atomic E-state index is -1.07. The van der Waals surface area contributed by atoms with E-state index in [1.165, 1.54) is 6.92 Å². The summed E-state index contributed by atoms with van der Waals surface area (Å²) in [6.45, 7) is 1.37. The summed E-state index contributed by atoms with van der Waals surface area (Å²) < 4.78 is 0. The fourth-order valence-corrected chi connectivity index (χ4v) is 0.401. The molecule has 0 radical (unpaired) electrons. The zero-order valence-corrected chi connectivity index (χ0v) is 4.70. The maximum absolute atomic E-state index is 10.1. The van der Waals surface area contributed by atoms with E-state index in [-0.39, 0.29) is 0 Å². The zero-order chi connectivity index (χ0) is 7.02. The smallest absolute Gasteiger partial charge is 0.468 e. The summed E-state index contributed by atoms with van der Waals surface area (Å²) in [4.78, 5) is 24.3. The largest absolute Gasteiger partial charge is 0.480 e. The molecule has 1 atom stereocenters. The number of carbonyl (C=O) groups excluding carboxylic acids is 1. The van der Waals surface area contributed by atoms with Crippen molar-refractivity contribution in [2.45, 2.75) is 13.0 Å². The lowest BCUT2D eigenvalue weighted by Gasteiger charge is -1.97. The van der Waals surface area contributed by atoms with Crippen LogP contribution in [0.3, 0.4) is 0 Å². The third-order valence-corrected chi connectivity index (χ3v) is 1.03. The van der Waals surface area contributed by atoms with Crippen LogP contribution in [-0.2, 0) is 9.63 Å². The summed E-state index contributed by atoms with van der Waals surface area (Å²) in [5.74, 6) is -1.07. The number of hydrogen-bond donors (Lipinski definition) is 1. The van der Waals surface area contributed by atoms with Crippen molar-refractivity contribution in [2.75, 3.05) is 0 Å². The second-order valence-corrected chi connectivity index (χ2v) is 1.70. The summed E-state index contributed by atoms with van der Waals surface area (Å²) in [7, 11) is 0. The molecule has 1 heterocycles. The van der Waals surface area contributed by atoms with Gasteiger partial charge in [0.05, 0.1) is 0 Å². The fourth-order valence-electron chi connectivity index (χ4n) is 0.401. The maximum atomic E-state index is 10.1. The molecular weight excluding hydrogens is 126 g/mol. The van der Waals surface area contributed by atoms with Crippen molar-refractivity contribution in [1.29, 1.82) is 0 Å². The van der Waals surface area contributed by atoms with Crippen LogP contribution in [0.15, 0.2) is 0 Å². The number of carboxylic acids is 1. The van der Waals surface area contributed by atoms with Crippen LogP contribution in [0, 0.1) is 0 Å². The highest BCUT2D eigenvalue weighted by atomic mass is 16.9. The molecule has 0 aromatic rings. The molecule has 0 spiro atoms. The molecule has 0 unspecified atom stereocenters. The number of hydrogen-bond acceptors (Lipinski definition) is 3. The van der Waals surface area contributed by atoms with E-state index in [2.05, 4.69) is 4.84 Å². The van der Waals surface area contributed by atoms with Crippen LogP contribution in [0.25, 0.3) is 0 Å². The average Bonchev–Trinajstić information content (AvgIpc) is 2.44. The van der Waals surface area contributed by atoms with Gasteiger partial charge >= 0.3 is 12.1 Å². The molecule has 0 bridgehead atoms. The van der Waals surface area contributed by atoms with Gasteiger partial charge in [-0.3, -0.25) is 0 Å². The number of amides is 1. The van der Waals surface area contributed by atoms with Crippen molar-refractivity contribution >= 4 is 12.1 Å². The van der Waals surface area contributed by atoms with Gasteiger partial charge in [-0.1, -0.05) is 0 Å². The third kappa shape index (κ3) is 0.933. The summed E-state index contributed by atoms with van der Waals surface area (Å²) in [6.07, 6.45) is -0.579. The van der Waals surface area contributed by atoms with Crippen LogP contribution < -0.4 is 0 Å². The van der Waals surface area contributed by atoms with Gasteiger partial charge in [0.2, 0.25) is 0 Å². The molecule has 1 saturated heterocycles. The van der Waals surface area contributed by atoms with E-state index in [1.54, 1.807) is 0 Å². The molecule has 0 saturated carbocycles. The predicted molar refractivity (Wildman–Crippen MR) is 25.4 cm³/mol. The van der Waals surface area contributed by atoms with Crippen molar-refractivity contribution < 1.29 is 19.5 Å². The highest BCUT2D eigenvalue weighted by Gasteiger charge is 2.42. The Kier molecular flexibility index (Phi) is 1.05. The Morgan fingerprint density at radius 3 is 2.44 bits per heavy atom. The number of nitrogens with zero attached hydrogens (tertiary/aromatic N) is 1. The molecule has 5 nitrogen and oxygen atoms in total. The highest BCUT2D eigenvalue weighted by molar-refractivity contribution is 5.84. The van der Waals surface area contributed by atoms with E-state index >= 15 is 0 Å². The van der Waals surface area contributed by atoms with Gasteiger partial charge in [-0.25, -0.2) is 9.59 Å². The van der Waals surface area contributed by atoms with Gasteiger partial charge < -0.3 is 9.94 Å². The van der Waals surface area contributed by atoms with Crippen LogP contribution in [0.1, 0.15) is 6.92 Å². The maximum Gasteiger partial charge on any atom is 0.468 e. The second-order valence-electron chi connectivity index (χ2n) is 1.70. The van der Waals surface area contributed by atoms with Crippen molar-refractivity contribution in [3.63, 3.8) is 0 Å². The molecule has 0 aromatic heterocycles. The lowest BCUT2D eigenvalue weighted by atomic mass is 10.4. The van der Waals surface area contributed by atoms with Crippen molar-refractivity contribution in [2.24, 2.45) is 0 Å². The monoisotopic (exact) mass is 131 g/mol. The van der Waals surface area contributed by atoms with Gasteiger partial charge in [0.1, 0.15) is 0 Å². The molecule has 0 aromatic carbocycles. The van der Waals surface area contributed by atoms with E-state index in [4.69, 9.17) is 5.11 Å². The number of rotatable bonds is 2. The molecule has 1 N–H and O–H groups in total. The molecule has 1 rings (SSSR count). The number of carbonyl (C=O) groups is 2. The fraction of sp³-hybridized carbons (Fsp3) is 0.500. The van der Waals surface area contributed by atoms with Crippen LogP contribution in [0.2, 0.25) is 0 Å². The topological polar surface area (TPSA) is 69.9 Å². The molecule has 1 amide bonds. The van der Waals surface area contributed by atoms with Crippen molar-refractivity contribution in [3.05, 3.63) is 0 Å². The van der Waals surface area contributed by atoms with Crippen molar-refractivity contribution in [1.82, 2.24) is 5.06 Å². The van der Waals surface area contributed by atoms with E-state index in [0.717, 1.165) is 5.06 Å². The van der Waals surface area contributed by atoms with Crippen molar-refractivity contribution in [3.8, 4) is 0 Å². The minimum absolute atomic E-state index is 0.579. The molecule has 1 fully saturated rings. The Hall–Kier alpha value is -1.26. The first kappa shape index (κ1) is 5.87. The first-order valence-electron chi connectivity index (χ1n) is 2.37. The lowest BCUT2D eigenvalue weighted by Crippen LogP contribution is -2.25. The van der Waals surface area contributed by atoms with E-state index in [0.29, 0.717) is 0 Å². The van der Waals surface area contributed by atoms with Crippen LogP contribution in [0.5, 0.6) is 0 Å². The van der Waals surface area contributed by atoms with Crippen LogP contribution in [0.4, 0.5) is 4.79 Å². The third-order valence-electron chi connectivity index (χ3n) is 1.03. The van der Waals surface area contributed by atoms with Gasteiger partial charge in [0.15, 0.2) is 6.04 Å². The quantitative estimate of drug-likeness (QED) is 0.528. The van der Waals surface area contributed by atoms with E-state index in [1.807, 2.05) is 0 Å². The number of aliphatic carboxylic acids is 1. The summed E-state index contributed by atoms with van der Waals surface area (Å²) >= 11 is 0. The molecule has 5 heteroatoms. The van der Waals surface area contributed by atoms with Crippen LogP contribution in [-0.4, -0.2) is 28.3 Å². The lowest BCUT2D eigenvalue weighted by molar-refractivity contribution is -0.142. The standard InChI is InChI=1S/C4H5NO4/c1-2(3(6)7)5-4(8)9-5/h2H,1H3,(H,6,7)/t2-,5?/m0/s1. The van der Waals surface area contributed by atoms with Gasteiger partial charge in [-0.2, -0.15) is 0 Å². The SMILES string of the molecule is C[C@@H](C(=O)O)N1OC1=O. The number of carboxylic acid groups (broad SMARTS) is 1. The Labute approximate surface area is 50.8 Å². The van der Waals surface area contributed by atoms with Gasteiger partial charge in [0, 0.05) is 0 Å². The predicted octanol–water partition coefficient (Wildman–Crippen LogP) is -0.173. The first-order chi connectivity index (χ1) is 4.13. The minimum Gasteiger partial charge on any atom is -0.480 e.